The number of carbonyl (C=O) groups excluding carboxylic acids is 1. The number of hydrogen-bond donors (Lipinski definition) is 1. The van der Waals surface area contributed by atoms with Crippen molar-refractivity contribution in [2.75, 3.05) is 6.54 Å². The summed E-state index contributed by atoms with van der Waals surface area (Å²) >= 11 is 0. The van der Waals surface area contributed by atoms with Gasteiger partial charge in [0.25, 0.3) is 5.91 Å². The van der Waals surface area contributed by atoms with Crippen LogP contribution in [0.4, 0.5) is 0 Å². The molecule has 1 aromatic carbocycles. The largest absolute Gasteiger partial charge is 0.624 e. The van der Waals surface area contributed by atoms with Crippen molar-refractivity contribution in [2.45, 2.75) is 30.7 Å². The summed E-state index contributed by atoms with van der Waals surface area (Å²) in [6.07, 6.45) is -1.06. The van der Waals surface area contributed by atoms with E-state index < -0.39 is 18.2 Å². The maximum atomic E-state index is 12.1. The van der Waals surface area contributed by atoms with Crippen LogP contribution in [-0.4, -0.2) is 58.2 Å². The molecule has 6 nitrogen and oxygen atoms in total. The smallest absolute Gasteiger partial charge is 0.266 e. The van der Waals surface area contributed by atoms with Gasteiger partial charge in [-0.3, -0.25) is 4.79 Å². The van der Waals surface area contributed by atoms with Crippen molar-refractivity contribution in [3.05, 3.63) is 35.5 Å². The molecule has 2 fully saturated rings. The Morgan fingerprint density at radius 3 is 2.75 bits per heavy atom. The molecule has 0 aromatic heterocycles. The van der Waals surface area contributed by atoms with E-state index in [4.69, 9.17) is 4.74 Å². The summed E-state index contributed by atoms with van der Waals surface area (Å²) < 4.78 is 6.24. The van der Waals surface area contributed by atoms with Gasteiger partial charge in [-0.05, 0) is 12.1 Å². The first-order valence-electron chi connectivity index (χ1n) is 6.55. The molecular formula is C14H16N2O4. The Balaban J connectivity index is 1.79. The molecule has 2 saturated heterocycles. The van der Waals surface area contributed by atoms with Crippen LogP contribution in [0, 0.1) is 5.21 Å². The van der Waals surface area contributed by atoms with Gasteiger partial charge in [0.1, 0.15) is 18.5 Å². The fourth-order valence-corrected chi connectivity index (χ4v) is 2.93. The van der Waals surface area contributed by atoms with Gasteiger partial charge in [-0.1, -0.05) is 18.2 Å². The van der Waals surface area contributed by atoms with E-state index in [0.29, 0.717) is 16.9 Å². The van der Waals surface area contributed by atoms with Crippen LogP contribution in [-0.2, 0) is 4.79 Å². The van der Waals surface area contributed by atoms with Crippen molar-refractivity contribution in [3.63, 3.8) is 0 Å². The number of benzene rings is 1. The summed E-state index contributed by atoms with van der Waals surface area (Å²) in [7, 11) is 0. The normalized spacial score (nSPS) is 32.2. The summed E-state index contributed by atoms with van der Waals surface area (Å²) in [4.78, 5) is 13.6. The Bertz CT molecular complexity index is 533. The minimum atomic E-state index is -0.684. The molecule has 1 N–H and O–H groups in total. The number of carbonyl (C=O) groups is 1. The summed E-state index contributed by atoms with van der Waals surface area (Å²) in [5, 5.41) is 21.3. The number of para-hydroxylation sites is 1. The highest BCUT2D eigenvalue weighted by Crippen LogP contribution is 2.34. The number of aliphatic hydroxyl groups is 1. The third kappa shape index (κ3) is 2.02. The first-order valence-corrected chi connectivity index (χ1v) is 6.55. The number of rotatable bonds is 3. The predicted molar refractivity (Wildman–Crippen MR) is 71.5 cm³/mol. The zero-order chi connectivity index (χ0) is 14.3. The zero-order valence-corrected chi connectivity index (χ0v) is 10.9. The van der Waals surface area contributed by atoms with E-state index in [9.17, 15) is 15.1 Å². The lowest BCUT2D eigenvalue weighted by atomic mass is 9.83. The summed E-state index contributed by atoms with van der Waals surface area (Å²) in [6, 6.07) is 8.14. The predicted octanol–water partition coefficient (Wildman–Crippen LogP) is -0.0111. The number of amides is 1. The lowest BCUT2D eigenvalue weighted by Gasteiger charge is -2.51. The maximum absolute atomic E-state index is 12.1. The molecular weight excluding hydrogens is 260 g/mol. The molecule has 3 rings (SSSR count). The molecule has 0 radical (unpaired) electrons. The lowest BCUT2D eigenvalue weighted by molar-refractivity contribution is -0.513. The van der Waals surface area contributed by atoms with Gasteiger partial charge in [-0.25, -0.2) is 4.74 Å². The Kier molecular flexibility index (Phi) is 3.10. The number of aliphatic hydroxyl groups excluding tert-OH is 1. The topological polar surface area (TPSA) is 75.8 Å². The van der Waals surface area contributed by atoms with Crippen molar-refractivity contribution < 1.29 is 19.4 Å². The number of hydrogen-bond acceptors (Lipinski definition) is 4. The average Bonchev–Trinajstić information content (AvgIpc) is 2.45. The average molecular weight is 276 g/mol. The summed E-state index contributed by atoms with van der Waals surface area (Å²) in [5.74, 6) is 0.404. The molecule has 1 amide bonds. The molecule has 1 aromatic rings. The van der Waals surface area contributed by atoms with Crippen LogP contribution in [0.15, 0.2) is 30.3 Å². The first-order chi connectivity index (χ1) is 9.58. The number of hydroxylamine groups is 1. The molecule has 0 saturated carbocycles. The summed E-state index contributed by atoms with van der Waals surface area (Å²) in [5.41, 5.74) is 0. The highest BCUT2D eigenvalue weighted by atomic mass is 16.5. The molecule has 2 heterocycles. The van der Waals surface area contributed by atoms with Crippen LogP contribution >= 0.6 is 0 Å². The molecule has 106 valence electrons. The molecule has 0 aliphatic carbocycles. The molecule has 20 heavy (non-hydrogen) atoms. The van der Waals surface area contributed by atoms with E-state index in [2.05, 4.69) is 6.72 Å². The Labute approximate surface area is 116 Å². The number of piperidine rings is 1. The number of ether oxygens (including phenoxy) is 1. The molecule has 0 bridgehead atoms. The van der Waals surface area contributed by atoms with Crippen molar-refractivity contribution in [1.29, 1.82) is 0 Å². The Hall–Kier alpha value is -2.08. The van der Waals surface area contributed by atoms with E-state index in [0.717, 1.165) is 0 Å². The standard InChI is InChI=1S/C14H16N2O4/c1-15(19)11-7-9(17)8-16-12(11)13(14(16)18)20-10-5-3-2-4-6-10/h2-6,9,11-13,17H,1,7-8H2/t9-,11+,12+,13-/m1/s1. The van der Waals surface area contributed by atoms with Crippen LogP contribution in [0.2, 0.25) is 0 Å². The maximum Gasteiger partial charge on any atom is 0.266 e. The fraction of sp³-hybridized carbons (Fsp3) is 0.429. The van der Waals surface area contributed by atoms with E-state index >= 15 is 0 Å². The minimum Gasteiger partial charge on any atom is -0.624 e. The first kappa shape index (κ1) is 12.9. The number of nitrogens with zero attached hydrogens (tertiary/aromatic N) is 2. The van der Waals surface area contributed by atoms with Gasteiger partial charge >= 0.3 is 0 Å². The number of β-lactam (4-membered cyclic amide) rings is 1. The molecule has 2 aliphatic heterocycles. The molecule has 0 unspecified atom stereocenters. The molecule has 0 spiro atoms. The van der Waals surface area contributed by atoms with Gasteiger partial charge in [0.15, 0.2) is 6.04 Å². The van der Waals surface area contributed by atoms with Crippen LogP contribution in [0.25, 0.3) is 0 Å². The Morgan fingerprint density at radius 1 is 1.40 bits per heavy atom. The third-order valence-electron chi connectivity index (χ3n) is 3.89. The molecule has 6 heteroatoms. The zero-order valence-electron chi connectivity index (χ0n) is 10.9. The second-order valence-corrected chi connectivity index (χ2v) is 5.21. The SMILES string of the molecule is C=[N+]([O-])[C@H]1C[C@@H](O)CN2C(=O)[C@H](Oc3ccccc3)[C@H]12. The van der Waals surface area contributed by atoms with Crippen molar-refractivity contribution >= 4 is 12.6 Å². The molecule has 2 aliphatic rings. The van der Waals surface area contributed by atoms with Crippen LogP contribution in [0.5, 0.6) is 5.75 Å². The second kappa shape index (κ2) is 4.79. The van der Waals surface area contributed by atoms with Crippen molar-refractivity contribution in [3.8, 4) is 5.75 Å². The highest BCUT2D eigenvalue weighted by Gasteiger charge is 2.59. The monoisotopic (exact) mass is 276 g/mol. The molecule has 4 atom stereocenters. The summed E-state index contributed by atoms with van der Waals surface area (Å²) in [6.45, 7) is 3.61. The van der Waals surface area contributed by atoms with Gasteiger partial charge in [-0.2, -0.15) is 0 Å². The number of fused-ring (bicyclic) bond motifs is 1. The van der Waals surface area contributed by atoms with E-state index in [1.807, 2.05) is 18.2 Å². The van der Waals surface area contributed by atoms with Gasteiger partial charge in [0.05, 0.1) is 6.10 Å². The van der Waals surface area contributed by atoms with E-state index in [-0.39, 0.29) is 18.5 Å². The van der Waals surface area contributed by atoms with Crippen LogP contribution in [0.3, 0.4) is 0 Å². The van der Waals surface area contributed by atoms with Gasteiger partial charge in [0.2, 0.25) is 6.10 Å². The lowest BCUT2D eigenvalue weighted by Crippen LogP contribution is -2.75. The Morgan fingerprint density at radius 2 is 2.10 bits per heavy atom. The van der Waals surface area contributed by atoms with E-state index in [1.165, 1.54) is 4.90 Å². The van der Waals surface area contributed by atoms with E-state index in [1.54, 1.807) is 12.1 Å². The van der Waals surface area contributed by atoms with Gasteiger partial charge in [-0.15, -0.1) is 0 Å². The van der Waals surface area contributed by atoms with Crippen molar-refractivity contribution in [2.24, 2.45) is 0 Å². The highest BCUT2D eigenvalue weighted by molar-refractivity contribution is 5.89. The van der Waals surface area contributed by atoms with Gasteiger partial charge < -0.3 is 20.0 Å². The second-order valence-electron chi connectivity index (χ2n) is 5.21. The minimum absolute atomic E-state index is 0.190. The van der Waals surface area contributed by atoms with Crippen LogP contribution < -0.4 is 4.74 Å². The van der Waals surface area contributed by atoms with Crippen molar-refractivity contribution in [1.82, 2.24) is 4.90 Å². The van der Waals surface area contributed by atoms with Gasteiger partial charge in [0, 0.05) is 13.0 Å². The van der Waals surface area contributed by atoms with Crippen LogP contribution in [0.1, 0.15) is 6.42 Å². The quantitative estimate of drug-likeness (QED) is 0.277. The third-order valence-corrected chi connectivity index (χ3v) is 3.89. The fourth-order valence-electron chi connectivity index (χ4n) is 2.93.